The zero-order chi connectivity index (χ0) is 10.3. The second-order valence-corrected chi connectivity index (χ2v) is 5.74. The summed E-state index contributed by atoms with van der Waals surface area (Å²) in [5.74, 6) is 0. The second kappa shape index (κ2) is 5.95. The third-order valence-electron chi connectivity index (χ3n) is 1.38. The van der Waals surface area contributed by atoms with Crippen molar-refractivity contribution in [2.75, 3.05) is 19.4 Å². The zero-order valence-electron chi connectivity index (χ0n) is 8.33. The van der Waals surface area contributed by atoms with E-state index in [4.69, 9.17) is 14.6 Å². The van der Waals surface area contributed by atoms with E-state index < -0.39 is 14.7 Å². The van der Waals surface area contributed by atoms with Crippen LogP contribution in [0.15, 0.2) is 0 Å². The second-order valence-electron chi connectivity index (χ2n) is 2.61. The predicted octanol–water partition coefficient (Wildman–Crippen LogP) is 0.766. The van der Waals surface area contributed by atoms with Crippen molar-refractivity contribution in [2.24, 2.45) is 5.73 Å². The highest BCUT2D eigenvalue weighted by Crippen LogP contribution is 2.07. The molecule has 0 aliphatic heterocycles. The number of nitrogens with two attached hydrogens (primary N) is 1. The molecule has 0 saturated heterocycles. The van der Waals surface area contributed by atoms with E-state index in [0.717, 1.165) is 0 Å². The van der Waals surface area contributed by atoms with E-state index in [2.05, 4.69) is 4.74 Å². The van der Waals surface area contributed by atoms with Crippen LogP contribution in [0.1, 0.15) is 13.8 Å². The fourth-order valence-electron chi connectivity index (χ4n) is 0.938. The third kappa shape index (κ3) is 5.62. The number of amides is 1. The molecule has 0 rings (SSSR count). The van der Waals surface area contributed by atoms with Crippen LogP contribution in [0.3, 0.4) is 0 Å². The highest BCUT2D eigenvalue weighted by molar-refractivity contribution is 6.66. The largest absolute Gasteiger partial charge is 0.448 e. The van der Waals surface area contributed by atoms with Crippen LogP contribution < -0.4 is 5.73 Å². The lowest BCUT2D eigenvalue weighted by Gasteiger charge is -2.24. The minimum absolute atomic E-state index is 0.143. The molecule has 5 nitrogen and oxygen atoms in total. The molecule has 0 aromatic rings. The van der Waals surface area contributed by atoms with Crippen molar-refractivity contribution in [3.05, 3.63) is 0 Å². The van der Waals surface area contributed by atoms with Gasteiger partial charge in [0.2, 0.25) is 0 Å². The molecule has 2 N–H and O–H groups in total. The van der Waals surface area contributed by atoms with Crippen LogP contribution in [0.2, 0.25) is 6.55 Å². The molecule has 0 bridgehead atoms. The van der Waals surface area contributed by atoms with E-state index >= 15 is 0 Å². The SMILES string of the molecule is CCO[Si](C)(COC(N)=O)OCC. The minimum atomic E-state index is -2.34. The van der Waals surface area contributed by atoms with Gasteiger partial charge in [-0.25, -0.2) is 4.79 Å². The Labute approximate surface area is 79.4 Å². The molecule has 0 aliphatic rings. The first-order valence-corrected chi connectivity index (χ1v) is 6.76. The number of ether oxygens (including phenoxy) is 1. The van der Waals surface area contributed by atoms with E-state index in [1.165, 1.54) is 0 Å². The molecule has 0 aromatic carbocycles. The van der Waals surface area contributed by atoms with E-state index in [1.807, 2.05) is 20.4 Å². The van der Waals surface area contributed by atoms with Gasteiger partial charge in [0.25, 0.3) is 0 Å². The summed E-state index contributed by atoms with van der Waals surface area (Å²) < 4.78 is 15.5. The monoisotopic (exact) mass is 207 g/mol. The summed E-state index contributed by atoms with van der Waals surface area (Å²) in [4.78, 5) is 10.4. The zero-order valence-corrected chi connectivity index (χ0v) is 9.33. The smallest absolute Gasteiger partial charge is 0.404 e. The third-order valence-corrected chi connectivity index (χ3v) is 3.84. The lowest BCUT2D eigenvalue weighted by atomic mass is 10.9. The summed E-state index contributed by atoms with van der Waals surface area (Å²) in [6.45, 7) is 6.67. The molecule has 13 heavy (non-hydrogen) atoms. The summed E-state index contributed by atoms with van der Waals surface area (Å²) in [5.41, 5.74) is 4.84. The first-order chi connectivity index (χ1) is 6.04. The summed E-state index contributed by atoms with van der Waals surface area (Å²) in [7, 11) is -2.34. The molecule has 78 valence electrons. The van der Waals surface area contributed by atoms with Gasteiger partial charge in [-0.3, -0.25) is 0 Å². The van der Waals surface area contributed by atoms with Gasteiger partial charge in [-0.05, 0) is 20.4 Å². The number of hydrogen-bond acceptors (Lipinski definition) is 4. The van der Waals surface area contributed by atoms with Gasteiger partial charge in [0.05, 0.1) is 0 Å². The number of primary amides is 1. The van der Waals surface area contributed by atoms with Crippen LogP contribution >= 0.6 is 0 Å². The van der Waals surface area contributed by atoms with Gasteiger partial charge < -0.3 is 19.3 Å². The topological polar surface area (TPSA) is 70.8 Å². The first-order valence-electron chi connectivity index (χ1n) is 4.24. The molecule has 0 fully saturated rings. The standard InChI is InChI=1S/C7H17NO4Si/c1-4-11-13(3,12-5-2)6-10-7(8)9/h4-6H2,1-3H3,(H2,8,9). The van der Waals surface area contributed by atoms with Crippen molar-refractivity contribution in [1.82, 2.24) is 0 Å². The van der Waals surface area contributed by atoms with Crippen LogP contribution in [-0.4, -0.2) is 34.1 Å². The lowest BCUT2D eigenvalue weighted by Crippen LogP contribution is -2.45. The predicted molar refractivity (Wildman–Crippen MR) is 50.4 cm³/mol. The number of carbonyl (C=O) groups excluding carboxylic acids is 1. The van der Waals surface area contributed by atoms with Crippen molar-refractivity contribution in [1.29, 1.82) is 0 Å². The summed E-state index contributed by atoms with van der Waals surface area (Å²) in [6, 6.07) is 0. The summed E-state index contributed by atoms with van der Waals surface area (Å²) in [6.07, 6.45) is -0.651. The molecule has 0 unspecified atom stereocenters. The molecule has 0 aliphatic carbocycles. The van der Waals surface area contributed by atoms with Gasteiger partial charge in [-0.2, -0.15) is 0 Å². The number of rotatable bonds is 6. The molecule has 0 radical (unpaired) electrons. The van der Waals surface area contributed by atoms with E-state index in [9.17, 15) is 4.79 Å². The summed E-state index contributed by atoms with van der Waals surface area (Å²) >= 11 is 0. The van der Waals surface area contributed by atoms with Crippen molar-refractivity contribution in [2.45, 2.75) is 20.4 Å². The Morgan fingerprint density at radius 3 is 2.08 bits per heavy atom. The quantitative estimate of drug-likeness (QED) is 0.653. The Balaban J connectivity index is 3.98. The Kier molecular flexibility index (Phi) is 5.68. The number of hydrogen-bond donors (Lipinski definition) is 1. The molecule has 0 saturated carbocycles. The van der Waals surface area contributed by atoms with E-state index in [-0.39, 0.29) is 6.23 Å². The maximum Gasteiger partial charge on any atom is 0.404 e. The molecule has 0 spiro atoms. The molecular formula is C7H17NO4Si. The Bertz CT molecular complexity index is 159. The lowest BCUT2D eigenvalue weighted by molar-refractivity contribution is 0.131. The highest BCUT2D eigenvalue weighted by atomic mass is 28.4. The van der Waals surface area contributed by atoms with Gasteiger partial charge in [0, 0.05) is 13.2 Å². The Morgan fingerprint density at radius 2 is 1.77 bits per heavy atom. The normalized spacial score (nSPS) is 11.3. The Morgan fingerprint density at radius 1 is 1.31 bits per heavy atom. The van der Waals surface area contributed by atoms with Crippen LogP contribution in [0.5, 0.6) is 0 Å². The average molecular weight is 207 g/mol. The molecular weight excluding hydrogens is 190 g/mol. The van der Waals surface area contributed by atoms with Crippen molar-refractivity contribution in [3.63, 3.8) is 0 Å². The minimum Gasteiger partial charge on any atom is -0.448 e. The molecule has 1 amide bonds. The van der Waals surface area contributed by atoms with E-state index in [1.54, 1.807) is 0 Å². The fourth-order valence-corrected chi connectivity index (χ4v) is 2.81. The van der Waals surface area contributed by atoms with Gasteiger partial charge in [-0.15, -0.1) is 0 Å². The molecule has 6 heteroatoms. The van der Waals surface area contributed by atoms with Gasteiger partial charge in [-0.1, -0.05) is 0 Å². The fraction of sp³-hybridized carbons (Fsp3) is 0.857. The van der Waals surface area contributed by atoms with E-state index in [0.29, 0.717) is 13.2 Å². The van der Waals surface area contributed by atoms with Gasteiger partial charge in [0.15, 0.2) is 0 Å². The van der Waals surface area contributed by atoms with Crippen LogP contribution in [0.4, 0.5) is 4.79 Å². The average Bonchev–Trinajstić information content (AvgIpc) is 2.02. The van der Waals surface area contributed by atoms with Crippen LogP contribution in [-0.2, 0) is 13.6 Å². The maximum atomic E-state index is 10.4. The van der Waals surface area contributed by atoms with Gasteiger partial charge >= 0.3 is 14.7 Å². The number of carbonyl (C=O) groups is 1. The highest BCUT2D eigenvalue weighted by Gasteiger charge is 2.32. The van der Waals surface area contributed by atoms with Crippen molar-refractivity contribution >= 4 is 14.7 Å². The maximum absolute atomic E-state index is 10.4. The van der Waals surface area contributed by atoms with Crippen molar-refractivity contribution in [3.8, 4) is 0 Å². The molecule has 0 atom stereocenters. The Hall–Kier alpha value is -0.593. The van der Waals surface area contributed by atoms with Crippen molar-refractivity contribution < 1.29 is 18.4 Å². The van der Waals surface area contributed by atoms with Crippen LogP contribution in [0, 0.1) is 0 Å². The first kappa shape index (κ1) is 12.4. The van der Waals surface area contributed by atoms with Gasteiger partial charge in [0.1, 0.15) is 6.23 Å². The van der Waals surface area contributed by atoms with Crippen LogP contribution in [0.25, 0.3) is 0 Å². The summed E-state index contributed by atoms with van der Waals surface area (Å²) in [5, 5.41) is 0. The molecule has 0 aromatic heterocycles. The molecule has 0 heterocycles.